The van der Waals surface area contributed by atoms with E-state index in [-0.39, 0.29) is 11.2 Å². The van der Waals surface area contributed by atoms with Crippen LogP contribution in [-0.2, 0) is 19.8 Å². The van der Waals surface area contributed by atoms with Gasteiger partial charge in [0.1, 0.15) is 0 Å². The van der Waals surface area contributed by atoms with E-state index in [1.165, 1.54) is 40.8 Å². The molecule has 0 saturated heterocycles. The summed E-state index contributed by atoms with van der Waals surface area (Å²) in [6.45, 7) is 2.03. The van der Waals surface area contributed by atoms with Crippen LogP contribution in [0.5, 0.6) is 0 Å². The second kappa shape index (κ2) is 7.24. The van der Waals surface area contributed by atoms with E-state index in [0.717, 1.165) is 20.2 Å². The first-order chi connectivity index (χ1) is 11.9. The zero-order chi connectivity index (χ0) is 18.0. The summed E-state index contributed by atoms with van der Waals surface area (Å²) in [5.74, 6) is 0.473. The highest BCUT2D eigenvalue weighted by Gasteiger charge is 2.09. The highest BCUT2D eigenvalue weighted by Crippen LogP contribution is 2.29. The molecule has 2 aromatic heterocycles. The van der Waals surface area contributed by atoms with Gasteiger partial charge in [0, 0.05) is 37.3 Å². The fraction of sp³-hybridized carbons (Fsp3) is 0.250. The third kappa shape index (κ3) is 3.99. The van der Waals surface area contributed by atoms with E-state index >= 15 is 0 Å². The smallest absolute Gasteiger partial charge is 0.330 e. The van der Waals surface area contributed by atoms with Crippen LogP contribution >= 0.6 is 23.1 Å². The Labute approximate surface area is 152 Å². The molecule has 0 spiro atoms. The number of anilines is 2. The van der Waals surface area contributed by atoms with Gasteiger partial charge in [-0.15, -0.1) is 10.2 Å². The zero-order valence-electron chi connectivity index (χ0n) is 14.0. The Bertz CT molecular complexity index is 1020. The van der Waals surface area contributed by atoms with E-state index in [4.69, 9.17) is 0 Å². The monoisotopic (exact) mass is 375 g/mol. The maximum absolute atomic E-state index is 11.9. The molecule has 2 heterocycles. The van der Waals surface area contributed by atoms with Crippen LogP contribution in [0.2, 0.25) is 0 Å². The fourth-order valence-electron chi connectivity index (χ4n) is 2.22. The fourth-order valence-corrected chi connectivity index (χ4v) is 4.01. The molecule has 0 aliphatic rings. The van der Waals surface area contributed by atoms with Crippen LogP contribution in [0, 0.1) is 6.92 Å². The number of rotatable bonds is 5. The number of hydrogen-bond donors (Lipinski definition) is 1. The van der Waals surface area contributed by atoms with Gasteiger partial charge in [0.2, 0.25) is 5.13 Å². The molecule has 3 rings (SSSR count). The van der Waals surface area contributed by atoms with Crippen molar-refractivity contribution in [1.82, 2.24) is 19.3 Å². The first-order valence-corrected chi connectivity index (χ1v) is 9.30. The quantitative estimate of drug-likeness (QED) is 0.689. The molecule has 25 heavy (non-hydrogen) atoms. The first-order valence-electron chi connectivity index (χ1n) is 7.50. The van der Waals surface area contributed by atoms with Crippen molar-refractivity contribution in [2.45, 2.75) is 17.0 Å². The number of aromatic nitrogens is 4. The molecule has 7 nitrogen and oxygen atoms in total. The van der Waals surface area contributed by atoms with Gasteiger partial charge in [-0.25, -0.2) is 4.79 Å². The van der Waals surface area contributed by atoms with Crippen LogP contribution in [0.4, 0.5) is 10.8 Å². The zero-order valence-corrected chi connectivity index (χ0v) is 15.6. The number of aryl methyl sites for hydroxylation is 1. The van der Waals surface area contributed by atoms with Crippen molar-refractivity contribution in [2.24, 2.45) is 14.1 Å². The summed E-state index contributed by atoms with van der Waals surface area (Å²) in [6, 6.07) is 9.48. The Hall–Kier alpha value is -2.39. The van der Waals surface area contributed by atoms with Gasteiger partial charge in [-0.2, -0.15) is 0 Å². The van der Waals surface area contributed by atoms with Gasteiger partial charge in [-0.1, -0.05) is 35.2 Å². The van der Waals surface area contributed by atoms with E-state index in [1.54, 1.807) is 7.05 Å². The van der Waals surface area contributed by atoms with Gasteiger partial charge in [0.05, 0.1) is 0 Å². The average Bonchev–Trinajstić information content (AvgIpc) is 3.02. The summed E-state index contributed by atoms with van der Waals surface area (Å²) in [4.78, 5) is 23.7. The lowest BCUT2D eigenvalue weighted by Crippen LogP contribution is -2.37. The van der Waals surface area contributed by atoms with Gasteiger partial charge in [-0.3, -0.25) is 13.9 Å². The molecular formula is C16H17N5O2S2. The van der Waals surface area contributed by atoms with Crippen LogP contribution in [0.25, 0.3) is 0 Å². The van der Waals surface area contributed by atoms with Crippen LogP contribution in [0.15, 0.2) is 44.3 Å². The lowest BCUT2D eigenvalue weighted by molar-refractivity contribution is 0.665. The van der Waals surface area contributed by atoms with Gasteiger partial charge < -0.3 is 5.32 Å². The molecule has 0 unspecified atom stereocenters. The minimum absolute atomic E-state index is 0.308. The Morgan fingerprint density at radius 1 is 1.16 bits per heavy atom. The topological polar surface area (TPSA) is 81.8 Å². The molecule has 1 N–H and O–H groups in total. The second-order valence-electron chi connectivity index (χ2n) is 5.53. The van der Waals surface area contributed by atoms with Crippen molar-refractivity contribution in [1.29, 1.82) is 0 Å². The normalized spacial score (nSPS) is 10.8. The van der Waals surface area contributed by atoms with Gasteiger partial charge >= 0.3 is 5.69 Å². The highest BCUT2D eigenvalue weighted by atomic mass is 32.2. The van der Waals surface area contributed by atoms with Gasteiger partial charge in [0.15, 0.2) is 4.34 Å². The SMILES string of the molecule is Cc1cccc(Nc2nnc(SCc3cc(=O)n(C)c(=O)n3C)s2)c1. The number of nitrogens with zero attached hydrogens (tertiary/aromatic N) is 4. The van der Waals surface area contributed by atoms with Crippen molar-refractivity contribution in [2.75, 3.05) is 5.32 Å². The number of thioether (sulfide) groups is 1. The van der Waals surface area contributed by atoms with Crippen molar-refractivity contribution < 1.29 is 0 Å². The van der Waals surface area contributed by atoms with E-state index in [1.807, 2.05) is 31.2 Å². The molecule has 0 fully saturated rings. The van der Waals surface area contributed by atoms with Crippen molar-refractivity contribution in [3.8, 4) is 0 Å². The Morgan fingerprint density at radius 2 is 1.96 bits per heavy atom. The third-order valence-electron chi connectivity index (χ3n) is 3.64. The first kappa shape index (κ1) is 17.4. The third-order valence-corrected chi connectivity index (χ3v) is 5.65. The summed E-state index contributed by atoms with van der Waals surface area (Å²) >= 11 is 2.87. The molecular weight excluding hydrogens is 358 g/mol. The summed E-state index contributed by atoms with van der Waals surface area (Å²) in [5.41, 5.74) is 2.14. The highest BCUT2D eigenvalue weighted by molar-refractivity contribution is 8.00. The molecule has 0 amide bonds. The van der Waals surface area contributed by atoms with Crippen LogP contribution < -0.4 is 16.6 Å². The Balaban J connectivity index is 1.70. The summed E-state index contributed by atoms with van der Waals surface area (Å²) in [5, 5.41) is 12.2. The minimum Gasteiger partial charge on any atom is -0.330 e. The molecule has 0 aliphatic carbocycles. The van der Waals surface area contributed by atoms with Crippen LogP contribution in [-0.4, -0.2) is 19.3 Å². The minimum atomic E-state index is -0.331. The molecule has 0 saturated carbocycles. The molecule has 0 bridgehead atoms. The second-order valence-corrected chi connectivity index (χ2v) is 7.73. The van der Waals surface area contributed by atoms with Crippen molar-refractivity contribution in [3.63, 3.8) is 0 Å². The lowest BCUT2D eigenvalue weighted by atomic mass is 10.2. The van der Waals surface area contributed by atoms with Crippen molar-refractivity contribution in [3.05, 3.63) is 62.4 Å². The molecule has 3 aromatic rings. The molecule has 1 aromatic carbocycles. The van der Waals surface area contributed by atoms with Crippen LogP contribution in [0.1, 0.15) is 11.3 Å². The van der Waals surface area contributed by atoms with Crippen LogP contribution in [0.3, 0.4) is 0 Å². The van der Waals surface area contributed by atoms with Gasteiger partial charge in [-0.05, 0) is 24.6 Å². The largest absolute Gasteiger partial charge is 0.330 e. The molecule has 130 valence electrons. The van der Waals surface area contributed by atoms with E-state index < -0.39 is 0 Å². The van der Waals surface area contributed by atoms with E-state index in [9.17, 15) is 9.59 Å². The maximum atomic E-state index is 11.9. The molecule has 0 aliphatic heterocycles. The average molecular weight is 375 g/mol. The summed E-state index contributed by atoms with van der Waals surface area (Å²) in [6.07, 6.45) is 0. The lowest BCUT2D eigenvalue weighted by Gasteiger charge is -2.07. The standard InChI is InChI=1S/C16H17N5O2S2/c1-10-5-4-6-11(7-10)17-14-18-19-15(25-14)24-9-12-8-13(22)21(3)16(23)20(12)2/h4-8H,9H2,1-3H3,(H,17,18). The van der Waals surface area contributed by atoms with E-state index in [2.05, 4.69) is 15.5 Å². The number of hydrogen-bond acceptors (Lipinski definition) is 7. The molecule has 9 heteroatoms. The Kier molecular flexibility index (Phi) is 5.05. The number of benzene rings is 1. The molecule has 0 radical (unpaired) electrons. The van der Waals surface area contributed by atoms with E-state index in [0.29, 0.717) is 16.6 Å². The maximum Gasteiger partial charge on any atom is 0.330 e. The predicted molar refractivity (Wildman–Crippen MR) is 101 cm³/mol. The molecule has 0 atom stereocenters. The summed E-state index contributed by atoms with van der Waals surface area (Å²) in [7, 11) is 3.12. The van der Waals surface area contributed by atoms with Crippen molar-refractivity contribution >= 4 is 33.9 Å². The number of nitrogens with one attached hydrogen (secondary N) is 1. The Morgan fingerprint density at radius 3 is 2.72 bits per heavy atom. The predicted octanol–water partition coefficient (Wildman–Crippen LogP) is 2.28. The van der Waals surface area contributed by atoms with Gasteiger partial charge in [0.25, 0.3) is 5.56 Å². The summed E-state index contributed by atoms with van der Waals surface area (Å²) < 4.78 is 3.33.